The summed E-state index contributed by atoms with van der Waals surface area (Å²) in [4.78, 5) is 12.0. The standard InChI is InChI=1S/C16H17NO2/c1-12-4-2-3-5-15(12)16(18)19-14-8-6-13(7-9-14)10-11-17/h2-9H,10-11,17H2,1H3. The summed E-state index contributed by atoms with van der Waals surface area (Å²) in [6.45, 7) is 2.50. The Kier molecular flexibility index (Phi) is 4.31. The Morgan fingerprint density at radius 1 is 1.11 bits per heavy atom. The van der Waals surface area contributed by atoms with Crippen molar-refractivity contribution in [1.29, 1.82) is 0 Å². The molecule has 0 saturated heterocycles. The van der Waals surface area contributed by atoms with Gasteiger partial charge in [-0.2, -0.15) is 0 Å². The van der Waals surface area contributed by atoms with Crippen LogP contribution in [0, 0.1) is 6.92 Å². The van der Waals surface area contributed by atoms with Gasteiger partial charge in [0.15, 0.2) is 0 Å². The highest BCUT2D eigenvalue weighted by atomic mass is 16.5. The van der Waals surface area contributed by atoms with Crippen LogP contribution in [0.15, 0.2) is 48.5 Å². The Bertz CT molecular complexity index is 561. The van der Waals surface area contributed by atoms with Crippen molar-refractivity contribution in [2.24, 2.45) is 5.73 Å². The number of hydrogen-bond donors (Lipinski definition) is 1. The lowest BCUT2D eigenvalue weighted by atomic mass is 10.1. The SMILES string of the molecule is Cc1ccccc1C(=O)Oc1ccc(CCN)cc1. The van der Waals surface area contributed by atoms with Gasteiger partial charge in [0.05, 0.1) is 5.56 Å². The fourth-order valence-electron chi connectivity index (χ4n) is 1.85. The van der Waals surface area contributed by atoms with Crippen molar-refractivity contribution >= 4 is 5.97 Å². The van der Waals surface area contributed by atoms with Gasteiger partial charge in [-0.05, 0) is 49.2 Å². The summed E-state index contributed by atoms with van der Waals surface area (Å²) in [7, 11) is 0. The number of esters is 1. The van der Waals surface area contributed by atoms with E-state index < -0.39 is 0 Å². The zero-order valence-electron chi connectivity index (χ0n) is 10.9. The minimum atomic E-state index is -0.329. The van der Waals surface area contributed by atoms with E-state index in [9.17, 15) is 4.79 Å². The van der Waals surface area contributed by atoms with E-state index in [1.54, 1.807) is 18.2 Å². The number of carbonyl (C=O) groups is 1. The topological polar surface area (TPSA) is 52.3 Å². The van der Waals surface area contributed by atoms with Crippen molar-refractivity contribution in [3.63, 3.8) is 0 Å². The molecule has 0 saturated carbocycles. The first-order valence-electron chi connectivity index (χ1n) is 6.27. The Morgan fingerprint density at radius 2 is 1.79 bits per heavy atom. The summed E-state index contributed by atoms with van der Waals surface area (Å²) in [5, 5.41) is 0. The maximum Gasteiger partial charge on any atom is 0.343 e. The molecule has 2 rings (SSSR count). The highest BCUT2D eigenvalue weighted by molar-refractivity contribution is 5.92. The van der Waals surface area contributed by atoms with Gasteiger partial charge in [0.1, 0.15) is 5.75 Å². The van der Waals surface area contributed by atoms with Crippen LogP contribution in [0.2, 0.25) is 0 Å². The number of carbonyl (C=O) groups excluding carboxylic acids is 1. The normalized spacial score (nSPS) is 10.2. The van der Waals surface area contributed by atoms with Crippen LogP contribution in [0.3, 0.4) is 0 Å². The van der Waals surface area contributed by atoms with Crippen LogP contribution < -0.4 is 10.5 Å². The third-order valence-electron chi connectivity index (χ3n) is 2.93. The second-order valence-electron chi connectivity index (χ2n) is 4.39. The maximum atomic E-state index is 12.0. The zero-order chi connectivity index (χ0) is 13.7. The van der Waals surface area contributed by atoms with Crippen molar-refractivity contribution in [3.8, 4) is 5.75 Å². The van der Waals surface area contributed by atoms with Crippen LogP contribution in [-0.2, 0) is 6.42 Å². The van der Waals surface area contributed by atoms with Gasteiger partial charge in [0.2, 0.25) is 0 Å². The van der Waals surface area contributed by atoms with Crippen LogP contribution in [0.1, 0.15) is 21.5 Å². The fraction of sp³-hybridized carbons (Fsp3) is 0.188. The summed E-state index contributed by atoms with van der Waals surface area (Å²) in [6.07, 6.45) is 0.825. The number of hydrogen-bond acceptors (Lipinski definition) is 3. The van der Waals surface area contributed by atoms with Crippen LogP contribution in [-0.4, -0.2) is 12.5 Å². The molecule has 0 atom stereocenters. The smallest absolute Gasteiger partial charge is 0.343 e. The minimum Gasteiger partial charge on any atom is -0.423 e. The van der Waals surface area contributed by atoms with Crippen molar-refractivity contribution in [3.05, 3.63) is 65.2 Å². The van der Waals surface area contributed by atoms with Gasteiger partial charge in [-0.1, -0.05) is 30.3 Å². The Labute approximate surface area is 113 Å². The number of benzene rings is 2. The summed E-state index contributed by atoms with van der Waals surface area (Å²) in [5.74, 6) is 0.221. The van der Waals surface area contributed by atoms with E-state index in [1.807, 2.05) is 37.3 Å². The van der Waals surface area contributed by atoms with Gasteiger partial charge in [-0.15, -0.1) is 0 Å². The van der Waals surface area contributed by atoms with Crippen molar-refractivity contribution in [2.45, 2.75) is 13.3 Å². The Hall–Kier alpha value is -2.13. The minimum absolute atomic E-state index is 0.329. The second kappa shape index (κ2) is 6.16. The summed E-state index contributed by atoms with van der Waals surface area (Å²) in [6, 6.07) is 14.8. The van der Waals surface area contributed by atoms with E-state index in [0.717, 1.165) is 17.5 Å². The molecule has 0 amide bonds. The van der Waals surface area contributed by atoms with Gasteiger partial charge < -0.3 is 10.5 Å². The molecule has 3 nitrogen and oxygen atoms in total. The first-order valence-corrected chi connectivity index (χ1v) is 6.27. The van der Waals surface area contributed by atoms with Crippen molar-refractivity contribution in [1.82, 2.24) is 0 Å². The van der Waals surface area contributed by atoms with Crippen LogP contribution >= 0.6 is 0 Å². The van der Waals surface area contributed by atoms with Gasteiger partial charge in [0.25, 0.3) is 0 Å². The molecule has 0 radical (unpaired) electrons. The quantitative estimate of drug-likeness (QED) is 0.675. The van der Waals surface area contributed by atoms with E-state index >= 15 is 0 Å². The predicted molar refractivity (Wildman–Crippen MR) is 75.3 cm³/mol. The number of nitrogens with two attached hydrogens (primary N) is 1. The van der Waals surface area contributed by atoms with Crippen molar-refractivity contribution in [2.75, 3.05) is 6.54 Å². The molecule has 2 N–H and O–H groups in total. The number of ether oxygens (including phenoxy) is 1. The van der Waals surface area contributed by atoms with Crippen LogP contribution in [0.25, 0.3) is 0 Å². The average Bonchev–Trinajstić information content (AvgIpc) is 2.42. The van der Waals surface area contributed by atoms with E-state index in [1.165, 1.54) is 0 Å². The highest BCUT2D eigenvalue weighted by Crippen LogP contribution is 2.16. The molecule has 2 aromatic rings. The Morgan fingerprint density at radius 3 is 2.42 bits per heavy atom. The van der Waals surface area contributed by atoms with Crippen LogP contribution in [0.5, 0.6) is 5.75 Å². The third-order valence-corrected chi connectivity index (χ3v) is 2.93. The molecule has 0 aliphatic rings. The number of aryl methyl sites for hydroxylation is 1. The monoisotopic (exact) mass is 255 g/mol. The Balaban J connectivity index is 2.09. The molecule has 0 aromatic heterocycles. The molecule has 3 heteroatoms. The first kappa shape index (κ1) is 13.3. The molecule has 0 heterocycles. The summed E-state index contributed by atoms with van der Waals surface area (Å²) >= 11 is 0. The highest BCUT2D eigenvalue weighted by Gasteiger charge is 2.10. The van der Waals surface area contributed by atoms with Crippen molar-refractivity contribution < 1.29 is 9.53 Å². The molecule has 0 spiro atoms. The van der Waals surface area contributed by atoms with E-state index in [-0.39, 0.29) is 5.97 Å². The summed E-state index contributed by atoms with van der Waals surface area (Å²) < 4.78 is 5.34. The fourth-order valence-corrected chi connectivity index (χ4v) is 1.85. The predicted octanol–water partition coefficient (Wildman–Crippen LogP) is 2.72. The zero-order valence-corrected chi connectivity index (χ0v) is 10.9. The average molecular weight is 255 g/mol. The lowest BCUT2D eigenvalue weighted by Crippen LogP contribution is -2.10. The molecular formula is C16H17NO2. The molecule has 0 unspecified atom stereocenters. The second-order valence-corrected chi connectivity index (χ2v) is 4.39. The van der Waals surface area contributed by atoms with E-state index in [0.29, 0.717) is 17.9 Å². The lowest BCUT2D eigenvalue weighted by Gasteiger charge is -2.07. The molecule has 0 aliphatic heterocycles. The molecule has 0 aliphatic carbocycles. The lowest BCUT2D eigenvalue weighted by molar-refractivity contribution is 0.0734. The van der Waals surface area contributed by atoms with Gasteiger partial charge >= 0.3 is 5.97 Å². The largest absolute Gasteiger partial charge is 0.423 e. The maximum absolute atomic E-state index is 12.0. The third kappa shape index (κ3) is 3.42. The molecule has 0 bridgehead atoms. The van der Waals surface area contributed by atoms with Gasteiger partial charge in [0, 0.05) is 0 Å². The van der Waals surface area contributed by atoms with Gasteiger partial charge in [-0.3, -0.25) is 0 Å². The van der Waals surface area contributed by atoms with E-state index in [4.69, 9.17) is 10.5 Å². The molecule has 2 aromatic carbocycles. The molecular weight excluding hydrogens is 238 g/mol. The van der Waals surface area contributed by atoms with E-state index in [2.05, 4.69) is 0 Å². The van der Waals surface area contributed by atoms with Crippen LogP contribution in [0.4, 0.5) is 0 Å². The van der Waals surface area contributed by atoms with Gasteiger partial charge in [-0.25, -0.2) is 4.79 Å². The molecule has 98 valence electrons. The first-order chi connectivity index (χ1) is 9.20. The molecule has 0 fully saturated rings. The summed E-state index contributed by atoms with van der Waals surface area (Å²) in [5.41, 5.74) is 8.12. The molecule has 19 heavy (non-hydrogen) atoms. The number of rotatable bonds is 4.